The summed E-state index contributed by atoms with van der Waals surface area (Å²) in [7, 11) is 0. The van der Waals surface area contributed by atoms with Gasteiger partial charge in [-0.25, -0.2) is 0 Å². The first-order chi connectivity index (χ1) is 4.73. The Kier molecular flexibility index (Phi) is 6.78. The molecular weight excluding hydrogens is 167 g/mol. The molecule has 0 saturated heterocycles. The van der Waals surface area contributed by atoms with Gasteiger partial charge in [0, 0.05) is 0 Å². The van der Waals surface area contributed by atoms with Crippen molar-refractivity contribution in [3.05, 3.63) is 36.4 Å². The molecule has 0 aliphatic rings. The molecule has 2 heteroatoms. The highest BCUT2D eigenvalue weighted by Gasteiger charge is 1.75. The van der Waals surface area contributed by atoms with E-state index in [1.165, 1.54) is 0 Å². The Balaban J connectivity index is 0.000000180. The van der Waals surface area contributed by atoms with Crippen LogP contribution in [0.4, 0.5) is 0 Å². The maximum Gasteiger partial charge on any atom is 0.105 e. The van der Waals surface area contributed by atoms with Crippen LogP contribution in [0.5, 0.6) is 0 Å². The van der Waals surface area contributed by atoms with E-state index in [4.69, 9.17) is 23.2 Å². The number of alkyl halides is 2. The Hall–Kier alpha value is -0.200. The zero-order valence-electron chi connectivity index (χ0n) is 5.80. The van der Waals surface area contributed by atoms with Gasteiger partial charge in [0.2, 0.25) is 0 Å². The van der Waals surface area contributed by atoms with Crippen LogP contribution in [0.1, 0.15) is 6.92 Å². The SMILES string of the molecule is CC(Cl)Cl.c1ccccc1. The van der Waals surface area contributed by atoms with Crippen molar-refractivity contribution < 1.29 is 0 Å². The fourth-order valence-electron chi connectivity index (χ4n) is 0.385. The van der Waals surface area contributed by atoms with Gasteiger partial charge in [-0.2, -0.15) is 0 Å². The molecule has 0 spiro atoms. The summed E-state index contributed by atoms with van der Waals surface area (Å²) in [6, 6.07) is 12.0. The molecule has 1 rings (SSSR count). The fourth-order valence-corrected chi connectivity index (χ4v) is 0.385. The molecule has 10 heavy (non-hydrogen) atoms. The van der Waals surface area contributed by atoms with Crippen LogP contribution < -0.4 is 0 Å². The molecule has 0 bridgehead atoms. The third-order valence-corrected chi connectivity index (χ3v) is 0.667. The molecule has 1 aromatic rings. The van der Waals surface area contributed by atoms with Gasteiger partial charge in [0.15, 0.2) is 0 Å². The molecule has 0 radical (unpaired) electrons. The first kappa shape index (κ1) is 9.80. The van der Waals surface area contributed by atoms with E-state index in [0.29, 0.717) is 0 Å². The van der Waals surface area contributed by atoms with E-state index in [-0.39, 0.29) is 4.84 Å². The summed E-state index contributed by atoms with van der Waals surface area (Å²) in [5, 5.41) is 0. The van der Waals surface area contributed by atoms with Crippen LogP contribution in [-0.2, 0) is 0 Å². The van der Waals surface area contributed by atoms with Gasteiger partial charge >= 0.3 is 0 Å². The largest absolute Gasteiger partial charge is 0.106 e. The van der Waals surface area contributed by atoms with Gasteiger partial charge < -0.3 is 0 Å². The number of halogens is 2. The molecule has 0 heterocycles. The topological polar surface area (TPSA) is 0 Å². The molecule has 56 valence electrons. The third-order valence-electron chi connectivity index (χ3n) is 0.667. The number of benzene rings is 1. The Bertz CT molecular complexity index is 108. The molecule has 0 nitrogen and oxygen atoms in total. The Morgan fingerprint density at radius 1 is 0.800 bits per heavy atom. The monoisotopic (exact) mass is 176 g/mol. The Labute approximate surface area is 71.8 Å². The van der Waals surface area contributed by atoms with Crippen LogP contribution in [0.25, 0.3) is 0 Å². The molecule has 0 aliphatic carbocycles. The molecule has 0 atom stereocenters. The van der Waals surface area contributed by atoms with E-state index in [1.54, 1.807) is 6.92 Å². The Morgan fingerprint density at radius 2 is 0.900 bits per heavy atom. The molecule has 0 aliphatic heterocycles. The van der Waals surface area contributed by atoms with Gasteiger partial charge in [-0.3, -0.25) is 0 Å². The highest BCUT2D eigenvalue weighted by Crippen LogP contribution is 1.95. The van der Waals surface area contributed by atoms with Gasteiger partial charge in [-0.05, 0) is 6.92 Å². The van der Waals surface area contributed by atoms with E-state index in [1.807, 2.05) is 36.4 Å². The average molecular weight is 177 g/mol. The van der Waals surface area contributed by atoms with Crippen LogP contribution in [0.2, 0.25) is 0 Å². The molecule has 0 fully saturated rings. The second-order valence-electron chi connectivity index (χ2n) is 1.67. The Morgan fingerprint density at radius 3 is 1.00 bits per heavy atom. The van der Waals surface area contributed by atoms with Crippen molar-refractivity contribution >= 4 is 23.2 Å². The van der Waals surface area contributed by atoms with Crippen molar-refractivity contribution in [3.8, 4) is 0 Å². The highest BCUT2D eigenvalue weighted by molar-refractivity contribution is 6.43. The van der Waals surface area contributed by atoms with Crippen LogP contribution >= 0.6 is 23.2 Å². The van der Waals surface area contributed by atoms with E-state index >= 15 is 0 Å². The summed E-state index contributed by atoms with van der Waals surface area (Å²) in [6.45, 7) is 1.70. The van der Waals surface area contributed by atoms with E-state index in [9.17, 15) is 0 Å². The summed E-state index contributed by atoms with van der Waals surface area (Å²) >= 11 is 10.1. The van der Waals surface area contributed by atoms with Crippen LogP contribution in [0, 0.1) is 0 Å². The predicted octanol–water partition coefficient (Wildman–Crippen LogP) is 3.50. The van der Waals surface area contributed by atoms with Crippen molar-refractivity contribution in [1.29, 1.82) is 0 Å². The number of hydrogen-bond acceptors (Lipinski definition) is 0. The zero-order chi connectivity index (χ0) is 7.82. The lowest BCUT2D eigenvalue weighted by Gasteiger charge is -1.72. The lowest BCUT2D eigenvalue weighted by atomic mass is 10.4. The lowest BCUT2D eigenvalue weighted by molar-refractivity contribution is 1.39. The van der Waals surface area contributed by atoms with Crippen molar-refractivity contribution in [2.75, 3.05) is 0 Å². The normalized spacial score (nSPS) is 8.40. The lowest BCUT2D eigenvalue weighted by Crippen LogP contribution is -1.63. The minimum Gasteiger partial charge on any atom is -0.106 e. The van der Waals surface area contributed by atoms with Crippen LogP contribution in [0.15, 0.2) is 36.4 Å². The molecule has 0 aromatic heterocycles. The highest BCUT2D eigenvalue weighted by atomic mass is 35.5. The summed E-state index contributed by atoms with van der Waals surface area (Å²) in [5.74, 6) is 0. The van der Waals surface area contributed by atoms with E-state index in [2.05, 4.69) is 0 Å². The smallest absolute Gasteiger partial charge is 0.105 e. The van der Waals surface area contributed by atoms with Gasteiger partial charge in [0.05, 0.1) is 0 Å². The molecule has 0 saturated carbocycles. The van der Waals surface area contributed by atoms with Crippen LogP contribution in [0.3, 0.4) is 0 Å². The summed E-state index contributed by atoms with van der Waals surface area (Å²) in [6.07, 6.45) is 0. The number of hydrogen-bond donors (Lipinski definition) is 0. The number of rotatable bonds is 0. The predicted molar refractivity (Wildman–Crippen MR) is 47.6 cm³/mol. The molecule has 0 unspecified atom stereocenters. The van der Waals surface area contributed by atoms with Gasteiger partial charge in [-0.1, -0.05) is 36.4 Å². The van der Waals surface area contributed by atoms with Gasteiger partial charge in [0.25, 0.3) is 0 Å². The maximum atomic E-state index is 5.04. The first-order valence-corrected chi connectivity index (χ1v) is 3.89. The average Bonchev–Trinajstić information content (AvgIpc) is 1.90. The van der Waals surface area contributed by atoms with Crippen molar-refractivity contribution in [3.63, 3.8) is 0 Å². The van der Waals surface area contributed by atoms with E-state index < -0.39 is 0 Å². The summed E-state index contributed by atoms with van der Waals surface area (Å²) in [4.78, 5) is -0.222. The van der Waals surface area contributed by atoms with Gasteiger partial charge in [0.1, 0.15) is 4.84 Å². The molecule has 0 N–H and O–H groups in total. The molecule has 0 amide bonds. The van der Waals surface area contributed by atoms with Gasteiger partial charge in [-0.15, -0.1) is 23.2 Å². The fraction of sp³-hybridized carbons (Fsp3) is 0.250. The summed E-state index contributed by atoms with van der Waals surface area (Å²) < 4.78 is 0. The second-order valence-corrected chi connectivity index (χ2v) is 3.21. The zero-order valence-corrected chi connectivity index (χ0v) is 7.31. The molecular formula is C8H10Cl2. The second kappa shape index (κ2) is 6.91. The minimum atomic E-state index is -0.222. The van der Waals surface area contributed by atoms with E-state index in [0.717, 1.165) is 0 Å². The van der Waals surface area contributed by atoms with Crippen LogP contribution in [-0.4, -0.2) is 4.84 Å². The maximum absolute atomic E-state index is 5.04. The van der Waals surface area contributed by atoms with Crippen molar-refractivity contribution in [2.24, 2.45) is 0 Å². The quantitative estimate of drug-likeness (QED) is 0.532. The third kappa shape index (κ3) is 10.7. The minimum absolute atomic E-state index is 0.222. The summed E-state index contributed by atoms with van der Waals surface area (Å²) in [5.41, 5.74) is 0. The molecule has 1 aromatic carbocycles. The van der Waals surface area contributed by atoms with Crippen molar-refractivity contribution in [2.45, 2.75) is 11.8 Å². The first-order valence-electron chi connectivity index (χ1n) is 3.01. The standard InChI is InChI=1S/C6H6.C2H4Cl2/c1-2-4-6-5-3-1;1-2(3)4/h1-6H;2H,1H3. The van der Waals surface area contributed by atoms with Crippen molar-refractivity contribution in [1.82, 2.24) is 0 Å².